The van der Waals surface area contributed by atoms with E-state index in [2.05, 4.69) is 15.0 Å². The van der Waals surface area contributed by atoms with Gasteiger partial charge in [0.1, 0.15) is 27.5 Å². The average molecular weight is 346 g/mol. The second kappa shape index (κ2) is 4.21. The van der Waals surface area contributed by atoms with E-state index < -0.39 is 11.7 Å². The van der Waals surface area contributed by atoms with Gasteiger partial charge < -0.3 is 4.74 Å². The third-order valence-electron chi connectivity index (χ3n) is 1.88. The Morgan fingerprint density at radius 3 is 2.71 bits per heavy atom. The van der Waals surface area contributed by atoms with Crippen molar-refractivity contribution in [2.75, 3.05) is 0 Å². The number of ether oxygens (including phenoxy) is 1. The van der Waals surface area contributed by atoms with Crippen molar-refractivity contribution in [2.24, 2.45) is 0 Å². The molecule has 0 saturated heterocycles. The predicted octanol–water partition coefficient (Wildman–Crippen LogP) is 2.21. The van der Waals surface area contributed by atoms with Gasteiger partial charge in [-0.1, -0.05) is 0 Å². The maximum atomic E-state index is 11.9. The van der Waals surface area contributed by atoms with Crippen molar-refractivity contribution >= 4 is 39.8 Å². The van der Waals surface area contributed by atoms with Crippen LogP contribution in [0.5, 0.6) is 0 Å². The molecule has 2 aromatic rings. The first kappa shape index (κ1) is 12.2. The molecule has 0 aromatic carbocycles. The minimum absolute atomic E-state index is 0.457. The molecule has 2 heterocycles. The summed E-state index contributed by atoms with van der Waals surface area (Å²) in [5.41, 5.74) is 0.506. The largest absolute Gasteiger partial charge is 0.443 e. The maximum absolute atomic E-state index is 11.9. The van der Waals surface area contributed by atoms with Gasteiger partial charge in [0.2, 0.25) is 0 Å². The lowest BCUT2D eigenvalue weighted by Crippen LogP contribution is -2.26. The van der Waals surface area contributed by atoms with Crippen molar-refractivity contribution in [3.05, 3.63) is 16.4 Å². The van der Waals surface area contributed by atoms with E-state index in [1.165, 1.54) is 17.2 Å². The van der Waals surface area contributed by atoms with Crippen LogP contribution in [0, 0.1) is 3.70 Å². The lowest BCUT2D eigenvalue weighted by Gasteiger charge is -2.19. The van der Waals surface area contributed by atoms with Gasteiger partial charge in [-0.05, 0) is 43.4 Å². The Morgan fingerprint density at radius 1 is 1.35 bits per heavy atom. The van der Waals surface area contributed by atoms with Gasteiger partial charge in [-0.3, -0.25) is 0 Å². The molecule has 2 aromatic heterocycles. The van der Waals surface area contributed by atoms with Crippen LogP contribution in [0.3, 0.4) is 0 Å². The van der Waals surface area contributed by atoms with Gasteiger partial charge in [-0.25, -0.2) is 24.3 Å². The molecule has 0 aliphatic carbocycles. The fraction of sp³-hybridized carbons (Fsp3) is 0.400. The molecule has 0 unspecified atom stereocenters. The minimum Gasteiger partial charge on any atom is -0.443 e. The number of carbonyl (C=O) groups is 1. The SMILES string of the molecule is CC(C)(C)OC(=O)n1cnc2c(I)ncnc21. The first-order valence-electron chi connectivity index (χ1n) is 4.95. The summed E-state index contributed by atoms with van der Waals surface area (Å²) in [6.07, 6.45) is 2.30. The molecule has 0 radical (unpaired) electrons. The second-order valence-corrected chi connectivity index (χ2v) is 5.45. The van der Waals surface area contributed by atoms with Crippen LogP contribution in [-0.2, 0) is 4.74 Å². The Hall–Kier alpha value is -1.25. The molecule has 0 aliphatic heterocycles. The standard InChI is InChI=1S/C10H11IN4O2/c1-10(2,3)17-9(16)15-5-14-6-7(11)12-4-13-8(6)15/h4-5H,1-3H3. The number of hydrogen-bond acceptors (Lipinski definition) is 5. The molecular formula is C10H11IN4O2. The van der Waals surface area contributed by atoms with Crippen LogP contribution in [0.4, 0.5) is 4.79 Å². The molecule has 2 rings (SSSR count). The molecule has 0 fully saturated rings. The normalized spacial score (nSPS) is 11.8. The quantitative estimate of drug-likeness (QED) is 0.540. The van der Waals surface area contributed by atoms with E-state index in [0.717, 1.165) is 0 Å². The third kappa shape index (κ3) is 2.54. The van der Waals surface area contributed by atoms with Crippen molar-refractivity contribution in [3.8, 4) is 0 Å². The zero-order valence-electron chi connectivity index (χ0n) is 9.64. The molecule has 0 bridgehead atoms. The molecule has 0 atom stereocenters. The average Bonchev–Trinajstić information content (AvgIpc) is 2.60. The summed E-state index contributed by atoms with van der Waals surface area (Å²) in [7, 11) is 0. The summed E-state index contributed by atoms with van der Waals surface area (Å²) < 4.78 is 7.24. The molecular weight excluding hydrogens is 335 g/mol. The van der Waals surface area contributed by atoms with E-state index in [1.54, 1.807) is 0 Å². The molecule has 0 aliphatic rings. The van der Waals surface area contributed by atoms with Crippen molar-refractivity contribution in [3.63, 3.8) is 0 Å². The van der Waals surface area contributed by atoms with Crippen LogP contribution in [0.1, 0.15) is 20.8 Å². The highest BCUT2D eigenvalue weighted by Gasteiger charge is 2.20. The fourth-order valence-electron chi connectivity index (χ4n) is 1.25. The zero-order valence-corrected chi connectivity index (χ0v) is 11.8. The first-order chi connectivity index (χ1) is 7.88. The van der Waals surface area contributed by atoms with Gasteiger partial charge in [-0.2, -0.15) is 0 Å². The van der Waals surface area contributed by atoms with Gasteiger partial charge in [-0.15, -0.1) is 0 Å². The van der Waals surface area contributed by atoms with Crippen LogP contribution in [-0.4, -0.2) is 31.2 Å². The summed E-state index contributed by atoms with van der Waals surface area (Å²) in [4.78, 5) is 24.0. The van der Waals surface area contributed by atoms with Crippen molar-refractivity contribution in [1.29, 1.82) is 0 Å². The highest BCUT2D eigenvalue weighted by atomic mass is 127. The van der Waals surface area contributed by atoms with Crippen LogP contribution in [0.15, 0.2) is 12.7 Å². The van der Waals surface area contributed by atoms with E-state index in [-0.39, 0.29) is 0 Å². The fourth-order valence-corrected chi connectivity index (χ4v) is 1.76. The van der Waals surface area contributed by atoms with Gasteiger partial charge in [0, 0.05) is 0 Å². The van der Waals surface area contributed by atoms with E-state index in [4.69, 9.17) is 4.74 Å². The highest BCUT2D eigenvalue weighted by molar-refractivity contribution is 14.1. The van der Waals surface area contributed by atoms with Gasteiger partial charge in [0.15, 0.2) is 5.65 Å². The van der Waals surface area contributed by atoms with Crippen LogP contribution < -0.4 is 0 Å². The van der Waals surface area contributed by atoms with Crippen molar-refractivity contribution in [2.45, 2.75) is 26.4 Å². The van der Waals surface area contributed by atoms with Crippen LogP contribution in [0.25, 0.3) is 11.2 Å². The summed E-state index contributed by atoms with van der Waals surface area (Å²) in [6.45, 7) is 5.42. The predicted molar refractivity (Wildman–Crippen MR) is 69.7 cm³/mol. The summed E-state index contributed by atoms with van der Waals surface area (Å²) in [6, 6.07) is 0. The maximum Gasteiger partial charge on any atom is 0.421 e. The summed E-state index contributed by atoms with van der Waals surface area (Å²) in [5.74, 6) is 0. The summed E-state index contributed by atoms with van der Waals surface area (Å²) in [5, 5.41) is 0. The van der Waals surface area contributed by atoms with E-state index in [9.17, 15) is 4.79 Å². The van der Waals surface area contributed by atoms with Gasteiger partial charge in [0.25, 0.3) is 0 Å². The Kier molecular flexibility index (Phi) is 3.02. The number of rotatable bonds is 0. The van der Waals surface area contributed by atoms with Crippen molar-refractivity contribution in [1.82, 2.24) is 19.5 Å². The van der Waals surface area contributed by atoms with Crippen LogP contribution >= 0.6 is 22.6 Å². The van der Waals surface area contributed by atoms with E-state index >= 15 is 0 Å². The molecule has 0 saturated carbocycles. The number of hydrogen-bond donors (Lipinski definition) is 0. The van der Waals surface area contributed by atoms with E-state index in [1.807, 2.05) is 43.4 Å². The number of imidazole rings is 1. The highest BCUT2D eigenvalue weighted by Crippen LogP contribution is 2.16. The number of aromatic nitrogens is 4. The summed E-state index contributed by atoms with van der Waals surface area (Å²) >= 11 is 2.04. The third-order valence-corrected chi connectivity index (χ3v) is 2.67. The van der Waals surface area contributed by atoms with Gasteiger partial charge in [0.05, 0.1) is 0 Å². The number of nitrogens with zero attached hydrogens (tertiary/aromatic N) is 4. The molecule has 0 amide bonds. The lowest BCUT2D eigenvalue weighted by atomic mass is 10.2. The Bertz CT molecular complexity index is 573. The molecule has 6 nitrogen and oxygen atoms in total. The smallest absolute Gasteiger partial charge is 0.421 e. The monoisotopic (exact) mass is 346 g/mol. The molecule has 17 heavy (non-hydrogen) atoms. The molecule has 0 N–H and O–H groups in total. The second-order valence-electron chi connectivity index (χ2n) is 4.43. The number of carbonyl (C=O) groups excluding carboxylic acids is 1. The van der Waals surface area contributed by atoms with Crippen molar-refractivity contribution < 1.29 is 9.53 Å². The molecule has 90 valence electrons. The molecule has 0 spiro atoms. The van der Waals surface area contributed by atoms with Crippen LogP contribution in [0.2, 0.25) is 0 Å². The Labute approximate surface area is 112 Å². The first-order valence-corrected chi connectivity index (χ1v) is 6.03. The number of halogens is 1. The topological polar surface area (TPSA) is 69.9 Å². The lowest BCUT2D eigenvalue weighted by molar-refractivity contribution is 0.0543. The Morgan fingerprint density at radius 2 is 2.06 bits per heavy atom. The minimum atomic E-state index is -0.548. The van der Waals surface area contributed by atoms with Gasteiger partial charge >= 0.3 is 6.09 Å². The number of fused-ring (bicyclic) bond motifs is 1. The Balaban J connectivity index is 2.43. The van der Waals surface area contributed by atoms with E-state index in [0.29, 0.717) is 14.9 Å². The zero-order chi connectivity index (χ0) is 12.6. The molecule has 7 heteroatoms.